The van der Waals surface area contributed by atoms with Gasteiger partial charge in [-0.1, -0.05) is 35.3 Å². The molecule has 0 bridgehead atoms. The molecule has 1 fully saturated rings. The molecule has 1 aliphatic rings. The first kappa shape index (κ1) is 17.0. The van der Waals surface area contributed by atoms with Crippen LogP contribution in [0.25, 0.3) is 0 Å². The molecule has 1 saturated heterocycles. The molecule has 1 unspecified atom stereocenters. The van der Waals surface area contributed by atoms with Crippen molar-refractivity contribution in [1.29, 1.82) is 0 Å². The SMILES string of the molecule is CN1CCC(CN(C)C(CN)c2cccc(Cl)c2Cl)CC1. The highest BCUT2D eigenvalue weighted by Crippen LogP contribution is 2.32. The van der Waals surface area contributed by atoms with Crippen molar-refractivity contribution in [3.63, 3.8) is 0 Å². The number of hydrogen-bond acceptors (Lipinski definition) is 3. The van der Waals surface area contributed by atoms with E-state index in [4.69, 9.17) is 28.9 Å². The number of hydrogen-bond donors (Lipinski definition) is 1. The number of halogens is 2. The highest BCUT2D eigenvalue weighted by molar-refractivity contribution is 6.42. The lowest BCUT2D eigenvalue weighted by Crippen LogP contribution is -2.38. The van der Waals surface area contributed by atoms with Crippen LogP contribution in [0.4, 0.5) is 0 Å². The van der Waals surface area contributed by atoms with Crippen molar-refractivity contribution < 1.29 is 0 Å². The minimum Gasteiger partial charge on any atom is -0.329 e. The van der Waals surface area contributed by atoms with Crippen LogP contribution >= 0.6 is 23.2 Å². The van der Waals surface area contributed by atoms with Gasteiger partial charge in [0.2, 0.25) is 0 Å². The maximum absolute atomic E-state index is 6.35. The Morgan fingerprint density at radius 2 is 2.00 bits per heavy atom. The average Bonchev–Trinajstić information content (AvgIpc) is 2.47. The van der Waals surface area contributed by atoms with E-state index in [2.05, 4.69) is 23.9 Å². The fraction of sp³-hybridized carbons (Fsp3) is 0.625. The van der Waals surface area contributed by atoms with E-state index in [1.54, 1.807) is 0 Å². The Morgan fingerprint density at radius 1 is 1.33 bits per heavy atom. The first-order valence-corrected chi connectivity index (χ1v) is 8.31. The fourth-order valence-corrected chi connectivity index (χ4v) is 3.54. The number of likely N-dealkylation sites (N-methyl/N-ethyl adjacent to an activating group) is 1. The molecule has 2 N–H and O–H groups in total. The highest BCUT2D eigenvalue weighted by Gasteiger charge is 2.24. The van der Waals surface area contributed by atoms with Gasteiger partial charge in [0.15, 0.2) is 0 Å². The molecule has 0 radical (unpaired) electrons. The zero-order chi connectivity index (χ0) is 15.4. The van der Waals surface area contributed by atoms with Gasteiger partial charge in [-0.05, 0) is 57.6 Å². The van der Waals surface area contributed by atoms with E-state index in [0.717, 1.165) is 18.0 Å². The Kier molecular flexibility index (Phi) is 6.33. The van der Waals surface area contributed by atoms with Gasteiger partial charge in [-0.15, -0.1) is 0 Å². The van der Waals surface area contributed by atoms with Crippen molar-refractivity contribution in [2.75, 3.05) is 40.3 Å². The van der Waals surface area contributed by atoms with Crippen LogP contribution in [0.15, 0.2) is 18.2 Å². The van der Waals surface area contributed by atoms with E-state index in [-0.39, 0.29) is 6.04 Å². The molecule has 0 aromatic heterocycles. The molecule has 1 aromatic rings. The third kappa shape index (κ3) is 4.33. The van der Waals surface area contributed by atoms with Gasteiger partial charge in [-0.2, -0.15) is 0 Å². The largest absolute Gasteiger partial charge is 0.329 e. The normalized spacial score (nSPS) is 19.1. The van der Waals surface area contributed by atoms with Gasteiger partial charge in [0, 0.05) is 19.1 Å². The fourth-order valence-electron chi connectivity index (χ4n) is 3.10. The molecule has 0 aliphatic carbocycles. The van der Waals surface area contributed by atoms with Gasteiger partial charge < -0.3 is 10.6 Å². The van der Waals surface area contributed by atoms with Gasteiger partial charge in [-0.3, -0.25) is 4.90 Å². The van der Waals surface area contributed by atoms with Crippen LogP contribution in [0.5, 0.6) is 0 Å². The van der Waals surface area contributed by atoms with Gasteiger partial charge >= 0.3 is 0 Å². The Balaban J connectivity index is 2.04. The summed E-state index contributed by atoms with van der Waals surface area (Å²) < 4.78 is 0. The van der Waals surface area contributed by atoms with Crippen LogP contribution in [0.2, 0.25) is 10.0 Å². The average molecular weight is 330 g/mol. The van der Waals surface area contributed by atoms with Gasteiger partial charge in [0.1, 0.15) is 0 Å². The summed E-state index contributed by atoms with van der Waals surface area (Å²) in [7, 11) is 4.32. The lowest BCUT2D eigenvalue weighted by molar-refractivity contribution is 0.151. The van der Waals surface area contributed by atoms with E-state index in [1.165, 1.54) is 25.9 Å². The van der Waals surface area contributed by atoms with Crippen molar-refractivity contribution in [3.8, 4) is 0 Å². The van der Waals surface area contributed by atoms with E-state index >= 15 is 0 Å². The molecule has 5 heteroatoms. The Morgan fingerprint density at radius 3 is 2.62 bits per heavy atom. The van der Waals surface area contributed by atoms with Gasteiger partial charge in [-0.25, -0.2) is 0 Å². The monoisotopic (exact) mass is 329 g/mol. The van der Waals surface area contributed by atoms with E-state index in [9.17, 15) is 0 Å². The summed E-state index contributed by atoms with van der Waals surface area (Å²) >= 11 is 12.5. The highest BCUT2D eigenvalue weighted by atomic mass is 35.5. The third-order valence-electron chi connectivity index (χ3n) is 4.48. The summed E-state index contributed by atoms with van der Waals surface area (Å²) in [6.07, 6.45) is 2.50. The van der Waals surface area contributed by atoms with Crippen LogP contribution in [-0.2, 0) is 0 Å². The van der Waals surface area contributed by atoms with Crippen molar-refractivity contribution in [2.24, 2.45) is 11.7 Å². The lowest BCUT2D eigenvalue weighted by atomic mass is 9.95. The first-order valence-electron chi connectivity index (χ1n) is 7.55. The molecule has 0 saturated carbocycles. The van der Waals surface area contributed by atoms with Crippen molar-refractivity contribution in [1.82, 2.24) is 9.80 Å². The van der Waals surface area contributed by atoms with Crippen LogP contribution < -0.4 is 5.73 Å². The Bertz CT molecular complexity index is 459. The predicted molar refractivity (Wildman–Crippen MR) is 91.1 cm³/mol. The zero-order valence-electron chi connectivity index (χ0n) is 12.9. The number of nitrogens with zero attached hydrogens (tertiary/aromatic N) is 2. The number of piperidine rings is 1. The quantitative estimate of drug-likeness (QED) is 0.899. The van der Waals surface area contributed by atoms with Crippen molar-refractivity contribution >= 4 is 23.2 Å². The van der Waals surface area contributed by atoms with Crippen LogP contribution in [-0.4, -0.2) is 50.1 Å². The minimum absolute atomic E-state index is 0.121. The number of benzene rings is 1. The summed E-state index contributed by atoms with van der Waals surface area (Å²) in [5.74, 6) is 0.734. The summed E-state index contributed by atoms with van der Waals surface area (Å²) in [6.45, 7) is 3.97. The second-order valence-corrected chi connectivity index (χ2v) is 6.87. The second-order valence-electron chi connectivity index (χ2n) is 6.08. The molecule has 1 aromatic carbocycles. The molecular weight excluding hydrogens is 305 g/mol. The maximum Gasteiger partial charge on any atom is 0.0640 e. The Hall–Kier alpha value is -0.320. The second kappa shape index (κ2) is 7.80. The standard InChI is InChI=1S/C16H25Cl2N3/c1-20-8-6-12(7-9-20)11-21(2)15(10-19)13-4-3-5-14(17)16(13)18/h3-5,12,15H,6-11,19H2,1-2H3. The summed E-state index contributed by atoms with van der Waals surface area (Å²) in [6, 6.07) is 5.90. The number of likely N-dealkylation sites (tertiary alicyclic amines) is 1. The molecule has 1 atom stereocenters. The van der Waals surface area contributed by atoms with E-state index in [0.29, 0.717) is 16.6 Å². The summed E-state index contributed by atoms with van der Waals surface area (Å²) in [5.41, 5.74) is 7.03. The van der Waals surface area contributed by atoms with Crippen molar-refractivity contribution in [2.45, 2.75) is 18.9 Å². The topological polar surface area (TPSA) is 32.5 Å². The molecule has 3 nitrogen and oxygen atoms in total. The molecule has 0 amide bonds. The summed E-state index contributed by atoms with van der Waals surface area (Å²) in [4.78, 5) is 4.72. The van der Waals surface area contributed by atoms with Gasteiger partial charge in [0.05, 0.1) is 10.0 Å². The molecule has 0 spiro atoms. The third-order valence-corrected chi connectivity index (χ3v) is 5.31. The van der Waals surface area contributed by atoms with Crippen molar-refractivity contribution in [3.05, 3.63) is 33.8 Å². The zero-order valence-corrected chi connectivity index (χ0v) is 14.4. The van der Waals surface area contributed by atoms with E-state index in [1.807, 2.05) is 18.2 Å². The minimum atomic E-state index is 0.121. The summed E-state index contributed by atoms with van der Waals surface area (Å²) in [5, 5.41) is 1.23. The smallest absolute Gasteiger partial charge is 0.0640 e. The van der Waals surface area contributed by atoms with Gasteiger partial charge in [0.25, 0.3) is 0 Å². The predicted octanol–water partition coefficient (Wildman–Crippen LogP) is 3.27. The van der Waals surface area contributed by atoms with E-state index < -0.39 is 0 Å². The molecule has 118 valence electrons. The van der Waals surface area contributed by atoms with Crippen LogP contribution in [0.3, 0.4) is 0 Å². The molecule has 1 heterocycles. The number of rotatable bonds is 5. The molecular formula is C16H25Cl2N3. The molecule has 1 aliphatic heterocycles. The van der Waals surface area contributed by atoms with Crippen LogP contribution in [0.1, 0.15) is 24.4 Å². The van der Waals surface area contributed by atoms with Crippen LogP contribution in [0, 0.1) is 5.92 Å². The number of nitrogens with two attached hydrogens (primary N) is 1. The Labute approximate surface area is 138 Å². The first-order chi connectivity index (χ1) is 10.0. The maximum atomic E-state index is 6.35. The lowest BCUT2D eigenvalue weighted by Gasteiger charge is -2.35. The molecule has 21 heavy (non-hydrogen) atoms. The molecule has 2 rings (SSSR count).